The van der Waals surface area contributed by atoms with E-state index in [9.17, 15) is 14.3 Å². The number of aromatic nitrogens is 3. The quantitative estimate of drug-likeness (QED) is 0.246. The van der Waals surface area contributed by atoms with E-state index in [0.29, 0.717) is 30.6 Å². The van der Waals surface area contributed by atoms with Gasteiger partial charge < -0.3 is 9.52 Å². The van der Waals surface area contributed by atoms with Crippen LogP contribution in [0.25, 0.3) is 5.76 Å². The van der Waals surface area contributed by atoms with Crippen LogP contribution in [-0.4, -0.2) is 26.1 Å². The first-order valence-corrected chi connectivity index (χ1v) is 9.79. The number of rotatable bonds is 8. The van der Waals surface area contributed by atoms with Crippen molar-refractivity contribution in [3.8, 4) is 0 Å². The third-order valence-corrected chi connectivity index (χ3v) is 4.94. The van der Waals surface area contributed by atoms with Crippen molar-refractivity contribution in [2.75, 3.05) is 0 Å². The Hall–Kier alpha value is -4.00. The molecule has 2 aromatic heterocycles. The topological polar surface area (TPSA) is 92.0 Å². The molecule has 0 spiro atoms. The van der Waals surface area contributed by atoms with Crippen molar-refractivity contribution >= 4 is 11.5 Å². The monoisotopic (exact) mass is 417 g/mol. The molecule has 0 radical (unpaired) electrons. The molecule has 2 heterocycles. The molecular formula is C24H20FN3O3. The number of aromatic amines is 1. The van der Waals surface area contributed by atoms with Crippen molar-refractivity contribution in [1.29, 1.82) is 0 Å². The fourth-order valence-corrected chi connectivity index (χ4v) is 3.35. The van der Waals surface area contributed by atoms with Crippen molar-refractivity contribution in [3.63, 3.8) is 0 Å². The number of nitrogens with one attached hydrogen (secondary N) is 1. The van der Waals surface area contributed by atoms with Gasteiger partial charge in [0.2, 0.25) is 5.82 Å². The zero-order valence-corrected chi connectivity index (χ0v) is 16.6. The maximum absolute atomic E-state index is 13.3. The highest BCUT2D eigenvalue weighted by molar-refractivity contribution is 6.08. The first-order chi connectivity index (χ1) is 15.1. The number of ketones is 1. The molecule has 2 N–H and O–H groups in total. The highest BCUT2D eigenvalue weighted by Crippen LogP contribution is 2.24. The molecule has 0 unspecified atom stereocenters. The van der Waals surface area contributed by atoms with Crippen molar-refractivity contribution < 1.29 is 18.7 Å². The molecule has 0 saturated carbocycles. The van der Waals surface area contributed by atoms with Gasteiger partial charge in [-0.1, -0.05) is 42.5 Å². The number of hydrogen-bond acceptors (Lipinski definition) is 5. The number of carbonyl (C=O) groups is 1. The Morgan fingerprint density at radius 2 is 1.84 bits per heavy atom. The van der Waals surface area contributed by atoms with Gasteiger partial charge >= 0.3 is 0 Å². The van der Waals surface area contributed by atoms with Crippen molar-refractivity contribution in [2.45, 2.75) is 19.3 Å². The summed E-state index contributed by atoms with van der Waals surface area (Å²) in [7, 11) is 0. The van der Waals surface area contributed by atoms with E-state index in [-0.39, 0.29) is 17.4 Å². The molecule has 156 valence electrons. The third kappa shape index (κ3) is 4.95. The summed E-state index contributed by atoms with van der Waals surface area (Å²) in [6.45, 7) is 0. The van der Waals surface area contributed by atoms with Gasteiger partial charge in [0, 0.05) is 18.1 Å². The van der Waals surface area contributed by atoms with E-state index in [1.54, 1.807) is 12.1 Å². The lowest BCUT2D eigenvalue weighted by molar-refractivity contribution is 0.104. The summed E-state index contributed by atoms with van der Waals surface area (Å²) in [6, 6.07) is 16.1. The lowest BCUT2D eigenvalue weighted by Gasteiger charge is -2.06. The standard InChI is InChI=1S/C24H20FN3O3/c25-18-9-6-17(7-10-18)12-23-19(11-8-16-4-2-1-3-5-16)20(14-31-23)21(29)13-22(30)24-26-15-27-28-24/h1-7,9-10,13-15,30H,8,11-12H2,(H,26,27,28). The van der Waals surface area contributed by atoms with Crippen LogP contribution in [0.1, 0.15) is 38.6 Å². The Bertz CT molecular complexity index is 1180. The highest BCUT2D eigenvalue weighted by atomic mass is 19.1. The summed E-state index contributed by atoms with van der Waals surface area (Å²) in [5.41, 5.74) is 3.14. The van der Waals surface area contributed by atoms with Gasteiger partial charge in [-0.2, -0.15) is 5.10 Å². The molecule has 31 heavy (non-hydrogen) atoms. The van der Waals surface area contributed by atoms with Crippen LogP contribution in [0.3, 0.4) is 0 Å². The van der Waals surface area contributed by atoms with Crippen LogP contribution in [0.2, 0.25) is 0 Å². The fraction of sp³-hybridized carbons (Fsp3) is 0.125. The second kappa shape index (κ2) is 9.21. The first kappa shape index (κ1) is 20.3. The summed E-state index contributed by atoms with van der Waals surface area (Å²) in [6.07, 6.45) is 5.52. The van der Waals surface area contributed by atoms with Gasteiger partial charge in [0.25, 0.3) is 0 Å². The summed E-state index contributed by atoms with van der Waals surface area (Å²) in [5.74, 6) is -0.372. The highest BCUT2D eigenvalue weighted by Gasteiger charge is 2.20. The average molecular weight is 417 g/mol. The minimum atomic E-state index is -0.403. The Balaban J connectivity index is 1.63. The Labute approximate surface area is 178 Å². The third-order valence-electron chi connectivity index (χ3n) is 4.94. The number of aryl methyl sites for hydroxylation is 1. The summed E-state index contributed by atoms with van der Waals surface area (Å²) in [4.78, 5) is 16.7. The van der Waals surface area contributed by atoms with Crippen molar-refractivity contribution in [1.82, 2.24) is 15.2 Å². The molecule has 0 atom stereocenters. The van der Waals surface area contributed by atoms with Gasteiger partial charge in [-0.3, -0.25) is 9.89 Å². The average Bonchev–Trinajstić information content (AvgIpc) is 3.45. The van der Waals surface area contributed by atoms with Gasteiger partial charge in [0.1, 0.15) is 24.2 Å². The van der Waals surface area contributed by atoms with Gasteiger partial charge in [0.15, 0.2) is 11.5 Å². The maximum Gasteiger partial charge on any atom is 0.215 e. The molecule has 0 fully saturated rings. The van der Waals surface area contributed by atoms with Crippen LogP contribution in [0.5, 0.6) is 0 Å². The molecule has 2 aromatic carbocycles. The van der Waals surface area contributed by atoms with Crippen LogP contribution >= 0.6 is 0 Å². The van der Waals surface area contributed by atoms with Crippen LogP contribution in [0.4, 0.5) is 4.39 Å². The Morgan fingerprint density at radius 3 is 2.55 bits per heavy atom. The number of aliphatic hydroxyl groups is 1. The van der Waals surface area contributed by atoms with Crippen LogP contribution in [-0.2, 0) is 19.3 Å². The van der Waals surface area contributed by atoms with E-state index in [1.165, 1.54) is 24.7 Å². The molecule has 0 aliphatic heterocycles. The largest absolute Gasteiger partial charge is 0.504 e. The lowest BCUT2D eigenvalue weighted by atomic mass is 9.96. The number of nitrogens with zero attached hydrogens (tertiary/aromatic N) is 2. The Morgan fingerprint density at radius 1 is 1.06 bits per heavy atom. The van der Waals surface area contributed by atoms with Gasteiger partial charge in [0.05, 0.1) is 5.56 Å². The maximum atomic E-state index is 13.3. The number of allylic oxidation sites excluding steroid dienone is 1. The predicted octanol–water partition coefficient (Wildman–Crippen LogP) is 4.69. The SMILES string of the molecule is O=C(C=C(O)c1nc[nH]n1)c1coc(Cc2ccc(F)cc2)c1CCc1ccccc1. The fourth-order valence-electron chi connectivity index (χ4n) is 3.35. The molecular weight excluding hydrogens is 397 g/mol. The van der Waals surface area contributed by atoms with Gasteiger partial charge in [-0.25, -0.2) is 9.37 Å². The number of benzene rings is 2. The second-order valence-electron chi connectivity index (χ2n) is 7.06. The Kier molecular flexibility index (Phi) is 6.03. The lowest BCUT2D eigenvalue weighted by Crippen LogP contribution is -2.04. The predicted molar refractivity (Wildman–Crippen MR) is 113 cm³/mol. The molecule has 0 aliphatic carbocycles. The first-order valence-electron chi connectivity index (χ1n) is 9.79. The van der Waals surface area contributed by atoms with Gasteiger partial charge in [-0.15, -0.1) is 0 Å². The van der Waals surface area contributed by atoms with E-state index in [4.69, 9.17) is 4.42 Å². The zero-order chi connectivity index (χ0) is 21.6. The molecule has 6 nitrogen and oxygen atoms in total. The van der Waals surface area contributed by atoms with Crippen molar-refractivity contribution in [3.05, 3.63) is 113 Å². The van der Waals surface area contributed by atoms with Gasteiger partial charge in [-0.05, 0) is 36.1 Å². The minimum absolute atomic E-state index is 0.0363. The molecule has 0 aliphatic rings. The molecule has 4 aromatic rings. The van der Waals surface area contributed by atoms with E-state index in [2.05, 4.69) is 15.2 Å². The molecule has 0 saturated heterocycles. The van der Waals surface area contributed by atoms with E-state index in [0.717, 1.165) is 22.8 Å². The number of hydrogen-bond donors (Lipinski definition) is 2. The molecule has 0 bridgehead atoms. The van der Waals surface area contributed by atoms with Crippen molar-refractivity contribution in [2.24, 2.45) is 0 Å². The zero-order valence-electron chi connectivity index (χ0n) is 16.6. The summed E-state index contributed by atoms with van der Waals surface area (Å²) < 4.78 is 19.0. The van der Waals surface area contributed by atoms with E-state index >= 15 is 0 Å². The second-order valence-corrected chi connectivity index (χ2v) is 7.06. The molecule has 7 heteroatoms. The molecule has 4 rings (SSSR count). The summed E-state index contributed by atoms with van der Waals surface area (Å²) >= 11 is 0. The van der Waals surface area contributed by atoms with Crippen LogP contribution in [0, 0.1) is 5.82 Å². The number of furan rings is 1. The smallest absolute Gasteiger partial charge is 0.215 e. The minimum Gasteiger partial charge on any atom is -0.504 e. The summed E-state index contributed by atoms with van der Waals surface area (Å²) in [5, 5.41) is 16.4. The van der Waals surface area contributed by atoms with Crippen LogP contribution < -0.4 is 0 Å². The normalized spacial score (nSPS) is 11.6. The van der Waals surface area contributed by atoms with Crippen LogP contribution in [0.15, 0.2) is 77.7 Å². The number of H-pyrrole nitrogens is 1. The van der Waals surface area contributed by atoms with E-state index in [1.807, 2.05) is 30.3 Å². The molecule has 0 amide bonds. The number of halogens is 1. The number of carbonyl (C=O) groups excluding carboxylic acids is 1. The number of aliphatic hydroxyl groups excluding tert-OH is 1. The van der Waals surface area contributed by atoms with E-state index < -0.39 is 5.78 Å².